The Morgan fingerprint density at radius 3 is 2.12 bits per heavy atom. The van der Waals surface area contributed by atoms with Crippen LogP contribution in [0.1, 0.15) is 98.3 Å². The molecule has 0 aromatic heterocycles. The van der Waals surface area contributed by atoms with Crippen LogP contribution < -0.4 is 5.32 Å². The van der Waals surface area contributed by atoms with Gasteiger partial charge in [0.25, 0.3) is 0 Å². The Morgan fingerprint density at radius 1 is 1.09 bits per heavy atom. The number of hydrogen-bond donors (Lipinski definition) is 1. The molecule has 1 aromatic rings. The van der Waals surface area contributed by atoms with Gasteiger partial charge >= 0.3 is 6.18 Å². The second-order valence-electron chi connectivity index (χ2n) is 11.7. The topological polar surface area (TPSA) is 107 Å². The number of carbonyl (C=O) groups excluding carboxylic acids is 2. The van der Waals surface area contributed by atoms with Gasteiger partial charge in [0.1, 0.15) is 11.6 Å². The van der Waals surface area contributed by atoms with Crippen LogP contribution in [0, 0.1) is 23.2 Å². The number of nitrogens with one attached hydrogen (secondary N) is 1. The summed E-state index contributed by atoms with van der Waals surface area (Å²) in [4.78, 5) is 28.9. The number of hydrogen-bond acceptors (Lipinski definition) is 5. The summed E-state index contributed by atoms with van der Waals surface area (Å²) in [5.74, 6) is -0.451. The van der Waals surface area contributed by atoms with Crippen molar-refractivity contribution in [2.45, 2.75) is 126 Å². The molecule has 0 bridgehead atoms. The van der Waals surface area contributed by atoms with Gasteiger partial charge in [-0.25, -0.2) is 8.42 Å². The largest absolute Gasteiger partial charge is 0.388 e. The third kappa shape index (κ3) is 10.4. The number of nitriles is 1. The lowest BCUT2D eigenvalue weighted by Gasteiger charge is -2.30. The van der Waals surface area contributed by atoms with Crippen LogP contribution >= 0.6 is 11.6 Å². The van der Waals surface area contributed by atoms with E-state index in [2.05, 4.69) is 25.2 Å². The molecule has 43 heavy (non-hydrogen) atoms. The lowest BCUT2D eigenvalue weighted by molar-refractivity contribution is -0.142. The van der Waals surface area contributed by atoms with Gasteiger partial charge in [-0.1, -0.05) is 83.5 Å². The Labute approximate surface area is 259 Å². The molecule has 1 saturated carbocycles. The molecule has 7 nitrogen and oxygen atoms in total. The fourth-order valence-electron chi connectivity index (χ4n) is 5.60. The van der Waals surface area contributed by atoms with Gasteiger partial charge < -0.3 is 10.2 Å². The molecule has 3 rings (SSSR count). The first kappa shape index (κ1) is 36.9. The number of likely N-dealkylation sites (tertiary alicyclic amines) is 1. The number of rotatable bonds is 13. The summed E-state index contributed by atoms with van der Waals surface area (Å²) >= 11 is 6.23. The first-order valence-corrected chi connectivity index (χ1v) is 17.2. The molecule has 2 aliphatic rings. The van der Waals surface area contributed by atoms with Crippen LogP contribution in [0.3, 0.4) is 0 Å². The van der Waals surface area contributed by atoms with Crippen molar-refractivity contribution in [3.05, 3.63) is 29.3 Å². The Balaban J connectivity index is 0.000000973. The van der Waals surface area contributed by atoms with Gasteiger partial charge in [-0.3, -0.25) is 9.59 Å². The predicted molar refractivity (Wildman–Crippen MR) is 161 cm³/mol. The second kappa shape index (κ2) is 16.1. The summed E-state index contributed by atoms with van der Waals surface area (Å²) in [6.07, 6.45) is 2.84. The third-order valence-electron chi connectivity index (χ3n) is 8.16. The van der Waals surface area contributed by atoms with Crippen LogP contribution in [0.15, 0.2) is 29.2 Å². The molecule has 242 valence electrons. The molecular weight excluding hydrogens is 603 g/mol. The normalized spacial score (nSPS) is 20.1. The molecule has 3 atom stereocenters. The van der Waals surface area contributed by atoms with Crippen molar-refractivity contribution >= 4 is 33.3 Å². The van der Waals surface area contributed by atoms with Crippen molar-refractivity contribution in [2.75, 3.05) is 6.54 Å². The van der Waals surface area contributed by atoms with E-state index in [1.165, 1.54) is 17.0 Å². The van der Waals surface area contributed by atoms with Gasteiger partial charge in [0.15, 0.2) is 9.84 Å². The Bertz CT molecular complexity index is 1230. The smallest absolute Gasteiger partial charge is 0.336 e. The molecule has 2 amide bonds. The quantitative estimate of drug-likeness (QED) is 0.243. The number of amides is 2. The first-order valence-electron chi connectivity index (χ1n) is 15.3. The maximum atomic E-state index is 14.0. The Kier molecular flexibility index (Phi) is 13.8. The highest BCUT2D eigenvalue weighted by Gasteiger charge is 2.51. The average molecular weight is 648 g/mol. The SMILES string of the molecule is CCC(F)(F)F.CCCC(CCC)CC(CCC)C(=O)N1C[C@H](S(=O)(=O)c2ccccc2Cl)C[C@H]1C(=O)NC1(C#N)CC1. The van der Waals surface area contributed by atoms with Crippen molar-refractivity contribution in [1.29, 1.82) is 5.26 Å². The fourth-order valence-corrected chi connectivity index (χ4v) is 7.82. The third-order valence-corrected chi connectivity index (χ3v) is 10.8. The van der Waals surface area contributed by atoms with Crippen molar-refractivity contribution < 1.29 is 31.2 Å². The number of halogens is 4. The molecule has 1 saturated heterocycles. The van der Waals surface area contributed by atoms with Gasteiger partial charge in [-0.15, -0.1) is 0 Å². The zero-order valence-electron chi connectivity index (χ0n) is 25.6. The minimum atomic E-state index is -3.96. The van der Waals surface area contributed by atoms with E-state index in [4.69, 9.17) is 11.6 Å². The molecule has 1 heterocycles. The number of alkyl halides is 3. The van der Waals surface area contributed by atoms with Crippen molar-refractivity contribution in [3.63, 3.8) is 0 Å². The minimum Gasteiger partial charge on any atom is -0.336 e. The number of carbonyl (C=O) groups is 2. The molecular formula is C31H45ClF3N3O4S. The zero-order valence-corrected chi connectivity index (χ0v) is 27.1. The summed E-state index contributed by atoms with van der Waals surface area (Å²) in [6, 6.07) is 7.49. The van der Waals surface area contributed by atoms with Crippen LogP contribution in [-0.4, -0.2) is 54.7 Å². The van der Waals surface area contributed by atoms with Crippen LogP contribution in [0.2, 0.25) is 5.02 Å². The van der Waals surface area contributed by atoms with Crippen LogP contribution in [-0.2, 0) is 19.4 Å². The van der Waals surface area contributed by atoms with Gasteiger partial charge in [-0.2, -0.15) is 18.4 Å². The van der Waals surface area contributed by atoms with E-state index in [1.54, 1.807) is 12.1 Å². The van der Waals surface area contributed by atoms with E-state index in [0.717, 1.165) is 45.4 Å². The van der Waals surface area contributed by atoms with E-state index in [0.29, 0.717) is 25.2 Å². The monoisotopic (exact) mass is 647 g/mol. The molecule has 12 heteroatoms. The van der Waals surface area contributed by atoms with Crippen LogP contribution in [0.25, 0.3) is 0 Å². The van der Waals surface area contributed by atoms with Gasteiger partial charge in [0.2, 0.25) is 11.8 Å². The number of nitrogens with zero attached hydrogens (tertiary/aromatic N) is 2. The number of sulfone groups is 1. The summed E-state index contributed by atoms with van der Waals surface area (Å²) in [7, 11) is -3.88. The van der Waals surface area contributed by atoms with E-state index in [-0.39, 0.29) is 34.7 Å². The summed E-state index contributed by atoms with van der Waals surface area (Å²) < 4.78 is 59.5. The van der Waals surface area contributed by atoms with Crippen molar-refractivity contribution in [2.24, 2.45) is 11.8 Å². The Morgan fingerprint density at radius 2 is 1.65 bits per heavy atom. The van der Waals surface area contributed by atoms with E-state index < -0.39 is 45.2 Å². The lowest BCUT2D eigenvalue weighted by Crippen LogP contribution is -2.50. The van der Waals surface area contributed by atoms with Gasteiger partial charge in [0.05, 0.1) is 21.2 Å². The Hall–Kier alpha value is -2.32. The predicted octanol–water partition coefficient (Wildman–Crippen LogP) is 7.24. The minimum absolute atomic E-state index is 0.0150. The molecule has 1 aromatic carbocycles. The summed E-state index contributed by atoms with van der Waals surface area (Å²) in [5, 5.41) is 11.5. The van der Waals surface area contributed by atoms with Crippen LogP contribution in [0.4, 0.5) is 13.2 Å². The molecule has 1 unspecified atom stereocenters. The highest BCUT2D eigenvalue weighted by Crippen LogP contribution is 2.37. The van der Waals surface area contributed by atoms with Crippen molar-refractivity contribution in [3.8, 4) is 6.07 Å². The molecule has 0 spiro atoms. The standard InChI is InChI=1S/C28H40ClN3O4S.C3H5F3/c1-4-9-20(10-5-2)16-21(11-6-3)27(34)32-18-22(37(35,36)25-13-8-7-12-23(25)29)17-24(32)26(33)31-28(19-30)14-15-28;1-2-3(4,5)6/h7-8,12-13,20-22,24H,4-6,9-11,14-18H2,1-3H3,(H,31,33);2H2,1H3/t21?,22-,24+;/m1./s1. The lowest BCUT2D eigenvalue weighted by atomic mass is 9.85. The molecule has 1 N–H and O–H groups in total. The van der Waals surface area contributed by atoms with Gasteiger partial charge in [-0.05, 0) is 50.2 Å². The van der Waals surface area contributed by atoms with Gasteiger partial charge in [0, 0.05) is 18.9 Å². The van der Waals surface area contributed by atoms with Crippen LogP contribution in [0.5, 0.6) is 0 Å². The summed E-state index contributed by atoms with van der Waals surface area (Å²) in [5.41, 5.74) is -0.901. The zero-order chi connectivity index (χ0) is 32.4. The van der Waals surface area contributed by atoms with E-state index in [9.17, 15) is 36.4 Å². The molecule has 0 radical (unpaired) electrons. The molecule has 1 aliphatic carbocycles. The summed E-state index contributed by atoms with van der Waals surface area (Å²) in [6.45, 7) is 7.36. The number of benzene rings is 1. The fraction of sp³-hybridized carbons (Fsp3) is 0.710. The first-order chi connectivity index (χ1) is 20.2. The maximum Gasteiger partial charge on any atom is 0.388 e. The average Bonchev–Trinajstić information content (AvgIpc) is 3.57. The highest BCUT2D eigenvalue weighted by molar-refractivity contribution is 7.92. The molecule has 1 aliphatic heterocycles. The van der Waals surface area contributed by atoms with E-state index >= 15 is 0 Å². The molecule has 2 fully saturated rings. The second-order valence-corrected chi connectivity index (χ2v) is 14.3. The van der Waals surface area contributed by atoms with E-state index in [1.807, 2.05) is 6.92 Å². The maximum absolute atomic E-state index is 14.0. The van der Waals surface area contributed by atoms with Crippen molar-refractivity contribution in [1.82, 2.24) is 10.2 Å². The highest BCUT2D eigenvalue weighted by atomic mass is 35.5.